The maximum atomic E-state index is 11.8. The van der Waals surface area contributed by atoms with Gasteiger partial charge in [0.05, 0.1) is 12.7 Å². The van der Waals surface area contributed by atoms with Gasteiger partial charge in [0.2, 0.25) is 0 Å². The summed E-state index contributed by atoms with van der Waals surface area (Å²) in [5.41, 5.74) is 1.67. The summed E-state index contributed by atoms with van der Waals surface area (Å²) in [6.07, 6.45) is 1.41. The van der Waals surface area contributed by atoms with E-state index in [4.69, 9.17) is 9.47 Å². The lowest BCUT2D eigenvalue weighted by Gasteiger charge is -2.08. The Labute approximate surface area is 128 Å². The van der Waals surface area contributed by atoms with Gasteiger partial charge in [0, 0.05) is 23.6 Å². The number of nitrogens with one attached hydrogen (secondary N) is 1. The van der Waals surface area contributed by atoms with Crippen molar-refractivity contribution >= 4 is 17.6 Å². The van der Waals surface area contributed by atoms with E-state index in [1.165, 1.54) is 6.20 Å². The number of nitrogens with zero attached hydrogens (tertiary/aromatic N) is 1. The molecule has 0 fully saturated rings. The van der Waals surface area contributed by atoms with Crippen LogP contribution < -0.4 is 10.1 Å². The standard InChI is InChI=1S/C16H16N2O4/c1-11-6-7-12(9-17-11)16(20)22-10-15(19)18-13-4-3-5-14(8-13)21-2/h3-9H,10H2,1-2H3,(H,18,19). The zero-order chi connectivity index (χ0) is 15.9. The molecule has 0 radical (unpaired) electrons. The Balaban J connectivity index is 1.87. The van der Waals surface area contributed by atoms with Crippen molar-refractivity contribution in [3.05, 3.63) is 53.9 Å². The number of methoxy groups -OCH3 is 1. The van der Waals surface area contributed by atoms with Gasteiger partial charge in [-0.05, 0) is 31.2 Å². The third kappa shape index (κ3) is 4.31. The molecule has 2 aromatic rings. The van der Waals surface area contributed by atoms with Crippen LogP contribution in [0, 0.1) is 6.92 Å². The van der Waals surface area contributed by atoms with E-state index < -0.39 is 11.9 Å². The third-order valence-electron chi connectivity index (χ3n) is 2.83. The second-order valence-corrected chi connectivity index (χ2v) is 4.54. The predicted molar refractivity (Wildman–Crippen MR) is 80.9 cm³/mol. The van der Waals surface area contributed by atoms with Crippen LogP contribution in [0.15, 0.2) is 42.6 Å². The number of carbonyl (C=O) groups excluding carboxylic acids is 2. The van der Waals surface area contributed by atoms with Crippen molar-refractivity contribution in [1.29, 1.82) is 0 Å². The minimum atomic E-state index is -0.590. The van der Waals surface area contributed by atoms with Crippen molar-refractivity contribution in [1.82, 2.24) is 4.98 Å². The number of carbonyl (C=O) groups is 2. The van der Waals surface area contributed by atoms with Crippen LogP contribution in [-0.4, -0.2) is 30.6 Å². The van der Waals surface area contributed by atoms with Gasteiger partial charge in [-0.25, -0.2) is 4.79 Å². The molecule has 1 aromatic heterocycles. The molecule has 0 unspecified atom stereocenters. The molecule has 0 aliphatic heterocycles. The summed E-state index contributed by atoms with van der Waals surface area (Å²) in [5, 5.41) is 2.62. The first-order valence-electron chi connectivity index (χ1n) is 6.62. The molecule has 0 saturated carbocycles. The summed E-state index contributed by atoms with van der Waals surface area (Å²) in [5.74, 6) is -0.393. The summed E-state index contributed by atoms with van der Waals surface area (Å²) in [6.45, 7) is 1.45. The molecule has 0 spiro atoms. The molecule has 0 aliphatic rings. The highest BCUT2D eigenvalue weighted by molar-refractivity contribution is 5.95. The number of aryl methyl sites for hydroxylation is 1. The molecule has 0 bridgehead atoms. The zero-order valence-corrected chi connectivity index (χ0v) is 12.3. The Morgan fingerprint density at radius 3 is 2.73 bits per heavy atom. The molecule has 2 rings (SSSR count). The lowest BCUT2D eigenvalue weighted by molar-refractivity contribution is -0.119. The van der Waals surface area contributed by atoms with E-state index in [0.717, 1.165) is 5.69 Å². The molecule has 0 saturated heterocycles. The van der Waals surface area contributed by atoms with Gasteiger partial charge in [0.1, 0.15) is 5.75 Å². The quantitative estimate of drug-likeness (QED) is 0.856. The topological polar surface area (TPSA) is 77.5 Å². The fourth-order valence-electron chi connectivity index (χ4n) is 1.70. The van der Waals surface area contributed by atoms with Gasteiger partial charge in [-0.3, -0.25) is 9.78 Å². The summed E-state index contributed by atoms with van der Waals surface area (Å²) in [7, 11) is 1.54. The molecule has 0 aliphatic carbocycles. The first kappa shape index (κ1) is 15.5. The Morgan fingerprint density at radius 1 is 1.23 bits per heavy atom. The van der Waals surface area contributed by atoms with E-state index in [9.17, 15) is 9.59 Å². The van der Waals surface area contributed by atoms with Gasteiger partial charge in [0.25, 0.3) is 5.91 Å². The van der Waals surface area contributed by atoms with Crippen molar-refractivity contribution in [2.24, 2.45) is 0 Å². The van der Waals surface area contributed by atoms with Crippen molar-refractivity contribution < 1.29 is 19.1 Å². The SMILES string of the molecule is COc1cccc(NC(=O)COC(=O)c2ccc(C)nc2)c1. The number of amides is 1. The van der Waals surface area contributed by atoms with Crippen LogP contribution in [0.1, 0.15) is 16.1 Å². The average molecular weight is 300 g/mol. The number of esters is 1. The molecule has 6 nitrogen and oxygen atoms in total. The number of rotatable bonds is 5. The smallest absolute Gasteiger partial charge is 0.340 e. The molecule has 0 atom stereocenters. The van der Waals surface area contributed by atoms with Gasteiger partial charge in [-0.1, -0.05) is 6.07 Å². The van der Waals surface area contributed by atoms with E-state index in [-0.39, 0.29) is 6.61 Å². The first-order chi connectivity index (χ1) is 10.6. The summed E-state index contributed by atoms with van der Waals surface area (Å²) in [6, 6.07) is 10.2. The van der Waals surface area contributed by atoms with Crippen LogP contribution in [0.2, 0.25) is 0 Å². The van der Waals surface area contributed by atoms with Crippen LogP contribution >= 0.6 is 0 Å². The Kier molecular flexibility index (Phi) is 5.08. The van der Waals surface area contributed by atoms with E-state index in [2.05, 4.69) is 10.3 Å². The lowest BCUT2D eigenvalue weighted by Crippen LogP contribution is -2.21. The van der Waals surface area contributed by atoms with Crippen molar-refractivity contribution in [2.75, 3.05) is 19.0 Å². The predicted octanol–water partition coefficient (Wildman–Crippen LogP) is 2.19. The van der Waals surface area contributed by atoms with E-state index >= 15 is 0 Å². The van der Waals surface area contributed by atoms with Gasteiger partial charge in [0.15, 0.2) is 6.61 Å². The second-order valence-electron chi connectivity index (χ2n) is 4.54. The number of anilines is 1. The van der Waals surface area contributed by atoms with Crippen LogP contribution in [0.3, 0.4) is 0 Å². The van der Waals surface area contributed by atoms with Crippen LogP contribution in [0.5, 0.6) is 5.75 Å². The van der Waals surface area contributed by atoms with Crippen molar-refractivity contribution in [3.63, 3.8) is 0 Å². The Bertz CT molecular complexity index is 668. The highest BCUT2D eigenvalue weighted by Crippen LogP contribution is 2.16. The first-order valence-corrected chi connectivity index (χ1v) is 6.62. The fraction of sp³-hybridized carbons (Fsp3) is 0.188. The summed E-state index contributed by atoms with van der Waals surface area (Å²) in [4.78, 5) is 27.5. The maximum Gasteiger partial charge on any atom is 0.340 e. The molecular formula is C16H16N2O4. The van der Waals surface area contributed by atoms with Crippen molar-refractivity contribution in [3.8, 4) is 5.75 Å². The van der Waals surface area contributed by atoms with Gasteiger partial charge in [-0.2, -0.15) is 0 Å². The third-order valence-corrected chi connectivity index (χ3v) is 2.83. The van der Waals surface area contributed by atoms with Gasteiger partial charge < -0.3 is 14.8 Å². The number of benzene rings is 1. The second kappa shape index (κ2) is 7.21. The Hall–Kier alpha value is -2.89. The summed E-state index contributed by atoms with van der Waals surface area (Å²) >= 11 is 0. The number of hydrogen-bond donors (Lipinski definition) is 1. The van der Waals surface area contributed by atoms with Gasteiger partial charge in [-0.15, -0.1) is 0 Å². The number of aromatic nitrogens is 1. The molecule has 1 amide bonds. The molecule has 22 heavy (non-hydrogen) atoms. The van der Waals surface area contributed by atoms with Crippen molar-refractivity contribution in [2.45, 2.75) is 6.92 Å². The normalized spacial score (nSPS) is 9.91. The molecule has 1 heterocycles. The largest absolute Gasteiger partial charge is 0.497 e. The monoisotopic (exact) mass is 300 g/mol. The minimum Gasteiger partial charge on any atom is -0.497 e. The van der Waals surface area contributed by atoms with Crippen LogP contribution in [-0.2, 0) is 9.53 Å². The number of hydrogen-bond acceptors (Lipinski definition) is 5. The molecule has 114 valence electrons. The highest BCUT2D eigenvalue weighted by Gasteiger charge is 2.10. The molecule has 6 heteroatoms. The number of pyridine rings is 1. The zero-order valence-electron chi connectivity index (χ0n) is 12.3. The van der Waals surface area contributed by atoms with E-state index in [0.29, 0.717) is 17.0 Å². The average Bonchev–Trinajstić information content (AvgIpc) is 2.53. The van der Waals surface area contributed by atoms with Crippen LogP contribution in [0.4, 0.5) is 5.69 Å². The summed E-state index contributed by atoms with van der Waals surface area (Å²) < 4.78 is 9.99. The fourth-order valence-corrected chi connectivity index (χ4v) is 1.70. The minimum absolute atomic E-state index is 0.305. The van der Waals surface area contributed by atoms with Gasteiger partial charge >= 0.3 is 5.97 Å². The molecular weight excluding hydrogens is 284 g/mol. The lowest BCUT2D eigenvalue weighted by atomic mass is 10.2. The molecule has 1 N–H and O–H groups in total. The van der Waals surface area contributed by atoms with E-state index in [1.807, 2.05) is 6.92 Å². The Morgan fingerprint density at radius 2 is 2.05 bits per heavy atom. The van der Waals surface area contributed by atoms with Crippen LogP contribution in [0.25, 0.3) is 0 Å². The number of ether oxygens (including phenoxy) is 2. The highest BCUT2D eigenvalue weighted by atomic mass is 16.5. The molecule has 1 aromatic carbocycles. The maximum absolute atomic E-state index is 11.8. The van der Waals surface area contributed by atoms with E-state index in [1.54, 1.807) is 43.5 Å².